The number of hydrogen-bond acceptors (Lipinski definition) is 2. The molecule has 0 aromatic rings. The minimum absolute atomic E-state index is 0.707. The van der Waals surface area contributed by atoms with E-state index in [-0.39, 0.29) is 0 Å². The maximum Gasteiger partial charge on any atom is 0.0104 e. The van der Waals surface area contributed by atoms with Crippen LogP contribution in [0.3, 0.4) is 0 Å². The molecule has 2 N–H and O–H groups in total. The van der Waals surface area contributed by atoms with Gasteiger partial charge in [0.1, 0.15) is 0 Å². The molecule has 1 saturated heterocycles. The molecule has 1 heterocycles. The van der Waals surface area contributed by atoms with Gasteiger partial charge >= 0.3 is 0 Å². The molecule has 1 rings (SSSR count). The van der Waals surface area contributed by atoms with E-state index in [0.29, 0.717) is 6.04 Å². The lowest BCUT2D eigenvalue weighted by molar-refractivity contribution is 0.396. The topological polar surface area (TPSA) is 24.1 Å². The Kier molecular flexibility index (Phi) is 5.09. The molecule has 0 saturated carbocycles. The Morgan fingerprint density at radius 3 is 3.00 bits per heavy atom. The Labute approximate surface area is 81.8 Å². The third-order valence-corrected chi connectivity index (χ3v) is 2.68. The highest BCUT2D eigenvalue weighted by atomic mass is 14.9. The average molecular weight is 182 g/mol. The normalized spacial score (nSPS) is 23.0. The van der Waals surface area contributed by atoms with Crippen LogP contribution in [0.2, 0.25) is 0 Å². The molecule has 13 heavy (non-hydrogen) atoms. The lowest BCUT2D eigenvalue weighted by atomic mass is 9.97. The Hall–Kier alpha value is -0.340. The quantitative estimate of drug-likeness (QED) is 0.632. The molecule has 0 spiro atoms. The van der Waals surface area contributed by atoms with E-state index in [2.05, 4.69) is 17.2 Å². The first-order chi connectivity index (χ1) is 6.33. The van der Waals surface area contributed by atoms with E-state index in [0.717, 1.165) is 13.0 Å². The lowest BCUT2D eigenvalue weighted by Crippen LogP contribution is -2.34. The van der Waals surface area contributed by atoms with E-state index in [1.807, 2.05) is 7.05 Å². The SMILES string of the molecule is C=C(CCNC)CC1CCCCN1. The highest BCUT2D eigenvalue weighted by Crippen LogP contribution is 2.15. The molecular formula is C11H22N2. The number of hydrogen-bond donors (Lipinski definition) is 2. The van der Waals surface area contributed by atoms with E-state index in [4.69, 9.17) is 0 Å². The van der Waals surface area contributed by atoms with E-state index in [1.54, 1.807) is 0 Å². The summed E-state index contributed by atoms with van der Waals surface area (Å²) in [6.45, 7) is 6.37. The zero-order chi connectivity index (χ0) is 9.52. The molecule has 0 aromatic heterocycles. The summed E-state index contributed by atoms with van der Waals surface area (Å²) in [7, 11) is 1.99. The molecule has 1 unspecified atom stereocenters. The van der Waals surface area contributed by atoms with Crippen LogP contribution in [0, 0.1) is 0 Å². The van der Waals surface area contributed by atoms with Crippen LogP contribution in [0.4, 0.5) is 0 Å². The van der Waals surface area contributed by atoms with Crippen molar-refractivity contribution in [2.45, 2.75) is 38.1 Å². The van der Waals surface area contributed by atoms with Crippen molar-refractivity contribution in [3.8, 4) is 0 Å². The Morgan fingerprint density at radius 2 is 2.38 bits per heavy atom. The smallest absolute Gasteiger partial charge is 0.0104 e. The lowest BCUT2D eigenvalue weighted by Gasteiger charge is -2.24. The first-order valence-electron chi connectivity index (χ1n) is 5.37. The summed E-state index contributed by atoms with van der Waals surface area (Å²) in [5.41, 5.74) is 1.38. The molecule has 1 aliphatic heterocycles. The summed E-state index contributed by atoms with van der Waals surface area (Å²) in [4.78, 5) is 0. The van der Waals surface area contributed by atoms with Gasteiger partial charge in [-0.3, -0.25) is 0 Å². The second-order valence-corrected chi connectivity index (χ2v) is 3.95. The van der Waals surface area contributed by atoms with Crippen LogP contribution >= 0.6 is 0 Å². The second-order valence-electron chi connectivity index (χ2n) is 3.95. The number of nitrogens with one attached hydrogen (secondary N) is 2. The zero-order valence-electron chi connectivity index (χ0n) is 8.73. The van der Waals surface area contributed by atoms with E-state index >= 15 is 0 Å². The van der Waals surface area contributed by atoms with Crippen molar-refractivity contribution in [1.29, 1.82) is 0 Å². The van der Waals surface area contributed by atoms with Crippen LogP contribution in [-0.4, -0.2) is 26.2 Å². The van der Waals surface area contributed by atoms with Crippen molar-refractivity contribution < 1.29 is 0 Å². The summed E-state index contributed by atoms with van der Waals surface area (Å²) in [5.74, 6) is 0. The maximum absolute atomic E-state index is 4.11. The fourth-order valence-electron chi connectivity index (χ4n) is 1.85. The summed E-state index contributed by atoms with van der Waals surface area (Å²) >= 11 is 0. The predicted octanol–water partition coefficient (Wildman–Crippen LogP) is 1.68. The molecule has 0 aliphatic carbocycles. The minimum Gasteiger partial charge on any atom is -0.319 e. The highest BCUT2D eigenvalue weighted by molar-refractivity contribution is 4.98. The van der Waals surface area contributed by atoms with Crippen LogP contribution in [0.1, 0.15) is 32.1 Å². The van der Waals surface area contributed by atoms with Gasteiger partial charge in [0, 0.05) is 6.04 Å². The van der Waals surface area contributed by atoms with E-state index in [1.165, 1.54) is 37.8 Å². The van der Waals surface area contributed by atoms with Crippen LogP contribution < -0.4 is 10.6 Å². The van der Waals surface area contributed by atoms with E-state index in [9.17, 15) is 0 Å². The van der Waals surface area contributed by atoms with Gasteiger partial charge in [0.2, 0.25) is 0 Å². The highest BCUT2D eigenvalue weighted by Gasteiger charge is 2.12. The van der Waals surface area contributed by atoms with Gasteiger partial charge in [-0.1, -0.05) is 18.6 Å². The Balaban J connectivity index is 2.11. The molecule has 2 heteroatoms. The zero-order valence-corrected chi connectivity index (χ0v) is 8.73. The standard InChI is InChI=1S/C11H22N2/c1-10(6-8-12-2)9-11-5-3-4-7-13-11/h11-13H,1,3-9H2,2H3. The van der Waals surface area contributed by atoms with E-state index < -0.39 is 0 Å². The van der Waals surface area contributed by atoms with Crippen molar-refractivity contribution in [2.75, 3.05) is 20.1 Å². The van der Waals surface area contributed by atoms with Gasteiger partial charge in [-0.15, -0.1) is 0 Å². The largest absolute Gasteiger partial charge is 0.319 e. The Bertz CT molecular complexity index is 148. The summed E-state index contributed by atoms with van der Waals surface area (Å²) in [6.07, 6.45) is 6.35. The Morgan fingerprint density at radius 1 is 1.54 bits per heavy atom. The van der Waals surface area contributed by atoms with Crippen LogP contribution in [-0.2, 0) is 0 Å². The third kappa shape index (κ3) is 4.44. The van der Waals surface area contributed by atoms with Crippen LogP contribution in [0.15, 0.2) is 12.2 Å². The number of piperidine rings is 1. The molecule has 1 aliphatic rings. The van der Waals surface area contributed by atoms with Crippen molar-refractivity contribution in [2.24, 2.45) is 0 Å². The molecule has 0 aromatic carbocycles. The second kappa shape index (κ2) is 6.17. The summed E-state index contributed by atoms with van der Waals surface area (Å²) in [6, 6.07) is 0.707. The van der Waals surface area contributed by atoms with Crippen molar-refractivity contribution in [1.82, 2.24) is 10.6 Å². The molecule has 76 valence electrons. The van der Waals surface area contributed by atoms with Crippen LogP contribution in [0.5, 0.6) is 0 Å². The maximum atomic E-state index is 4.11. The first-order valence-corrected chi connectivity index (χ1v) is 5.37. The van der Waals surface area contributed by atoms with Crippen molar-refractivity contribution in [3.63, 3.8) is 0 Å². The minimum atomic E-state index is 0.707. The van der Waals surface area contributed by atoms with Gasteiger partial charge < -0.3 is 10.6 Å². The first kappa shape index (κ1) is 10.7. The molecule has 2 nitrogen and oxygen atoms in total. The van der Waals surface area contributed by atoms with Gasteiger partial charge in [-0.2, -0.15) is 0 Å². The van der Waals surface area contributed by atoms with Gasteiger partial charge in [-0.25, -0.2) is 0 Å². The molecule has 0 radical (unpaired) electrons. The number of rotatable bonds is 5. The predicted molar refractivity (Wildman–Crippen MR) is 57.9 cm³/mol. The molecule has 1 fully saturated rings. The van der Waals surface area contributed by atoms with Gasteiger partial charge in [0.25, 0.3) is 0 Å². The fourth-order valence-corrected chi connectivity index (χ4v) is 1.85. The summed E-state index contributed by atoms with van der Waals surface area (Å²) < 4.78 is 0. The molecule has 0 amide bonds. The van der Waals surface area contributed by atoms with Gasteiger partial charge in [0.05, 0.1) is 0 Å². The molecule has 0 bridgehead atoms. The van der Waals surface area contributed by atoms with Crippen molar-refractivity contribution >= 4 is 0 Å². The summed E-state index contributed by atoms with van der Waals surface area (Å²) in [5, 5.41) is 6.70. The average Bonchev–Trinajstić information content (AvgIpc) is 2.16. The van der Waals surface area contributed by atoms with Crippen molar-refractivity contribution in [3.05, 3.63) is 12.2 Å². The van der Waals surface area contributed by atoms with Gasteiger partial charge in [0.15, 0.2) is 0 Å². The fraction of sp³-hybridized carbons (Fsp3) is 0.818. The van der Waals surface area contributed by atoms with Crippen LogP contribution in [0.25, 0.3) is 0 Å². The monoisotopic (exact) mass is 182 g/mol. The van der Waals surface area contributed by atoms with Gasteiger partial charge in [-0.05, 0) is 45.8 Å². The third-order valence-electron chi connectivity index (χ3n) is 2.68. The molecule has 1 atom stereocenters. The molecular weight excluding hydrogens is 160 g/mol.